The maximum absolute atomic E-state index is 13.0. The lowest BCUT2D eigenvalue weighted by molar-refractivity contribution is -0.286. The summed E-state index contributed by atoms with van der Waals surface area (Å²) in [4.78, 5) is 27.6. The van der Waals surface area contributed by atoms with Gasteiger partial charge in [0, 0.05) is 37.0 Å². The molecule has 33 heavy (non-hydrogen) atoms. The molecule has 2 aromatic rings. The number of benzene rings is 1. The first kappa shape index (κ1) is 23.6. The van der Waals surface area contributed by atoms with Crippen LogP contribution >= 0.6 is 0 Å². The molecule has 1 aliphatic heterocycles. The van der Waals surface area contributed by atoms with Crippen LogP contribution in [0.1, 0.15) is 16.8 Å². The fourth-order valence-corrected chi connectivity index (χ4v) is 2.57. The molecule has 0 fully saturated rings. The third kappa shape index (κ3) is 6.98. The fourth-order valence-electron chi connectivity index (χ4n) is 2.57. The minimum absolute atomic E-state index is 0.113. The Hall–Kier alpha value is -4.03. The molecule has 0 saturated carbocycles. The molecule has 0 unspecified atom stereocenters. The van der Waals surface area contributed by atoms with Crippen LogP contribution in [0.5, 0.6) is 23.1 Å². The van der Waals surface area contributed by atoms with E-state index in [0.29, 0.717) is 0 Å². The molecule has 176 valence electrons. The van der Waals surface area contributed by atoms with Crippen molar-refractivity contribution in [3.05, 3.63) is 54.4 Å². The lowest BCUT2D eigenvalue weighted by atomic mass is 10.2. The third-order valence-corrected chi connectivity index (χ3v) is 3.98. The van der Waals surface area contributed by atoms with Crippen LogP contribution in [-0.4, -0.2) is 42.9 Å². The number of halogens is 4. The molecule has 3 rings (SSSR count). The summed E-state index contributed by atoms with van der Waals surface area (Å²) in [6.45, 7) is 0.329. The number of pyridine rings is 1. The summed E-state index contributed by atoms with van der Waals surface area (Å²) < 4.78 is 68.1. The number of hydrogen-bond acceptors (Lipinski definition) is 7. The van der Waals surface area contributed by atoms with Gasteiger partial charge in [0.05, 0.1) is 5.56 Å². The maximum atomic E-state index is 13.0. The van der Waals surface area contributed by atoms with E-state index in [1.54, 1.807) is 0 Å². The van der Waals surface area contributed by atoms with Gasteiger partial charge in [-0.15, -0.1) is 8.78 Å². The van der Waals surface area contributed by atoms with Gasteiger partial charge in [0.2, 0.25) is 5.88 Å². The summed E-state index contributed by atoms with van der Waals surface area (Å²) in [7, 11) is 0. The van der Waals surface area contributed by atoms with E-state index < -0.39 is 31.3 Å². The smallest absolute Gasteiger partial charge is 0.484 e. The predicted octanol–water partition coefficient (Wildman–Crippen LogP) is 2.83. The summed E-state index contributed by atoms with van der Waals surface area (Å²) >= 11 is 0. The molecular formula is C20H17F4N3O6. The Kier molecular flexibility index (Phi) is 7.20. The topological polar surface area (TPSA) is 108 Å². The van der Waals surface area contributed by atoms with E-state index in [4.69, 9.17) is 4.74 Å². The Bertz CT molecular complexity index is 1030. The summed E-state index contributed by atoms with van der Waals surface area (Å²) in [6.07, 6.45) is -2.48. The van der Waals surface area contributed by atoms with E-state index >= 15 is 0 Å². The van der Waals surface area contributed by atoms with Crippen LogP contribution in [-0.2, 0) is 4.79 Å². The molecule has 1 aromatic carbocycles. The Morgan fingerprint density at radius 2 is 1.91 bits per heavy atom. The zero-order valence-electron chi connectivity index (χ0n) is 16.8. The number of carbonyl (C=O) groups excluding carboxylic acids is 2. The second-order valence-electron chi connectivity index (χ2n) is 6.49. The van der Waals surface area contributed by atoms with Gasteiger partial charge in [-0.05, 0) is 18.2 Å². The number of carbonyl (C=O) groups is 2. The molecule has 0 atom stereocenters. The number of hydrogen-bond donors (Lipinski definition) is 2. The largest absolute Gasteiger partial charge is 0.586 e. The monoisotopic (exact) mass is 471 g/mol. The normalized spacial score (nSPS) is 13.4. The van der Waals surface area contributed by atoms with E-state index in [2.05, 4.69) is 36.4 Å². The second-order valence-corrected chi connectivity index (χ2v) is 6.49. The van der Waals surface area contributed by atoms with Gasteiger partial charge in [-0.3, -0.25) is 9.59 Å². The van der Waals surface area contributed by atoms with E-state index in [0.717, 1.165) is 18.3 Å². The molecule has 13 heteroatoms. The molecule has 0 saturated heterocycles. The minimum atomic E-state index is -3.76. The first-order valence-corrected chi connectivity index (χ1v) is 9.31. The van der Waals surface area contributed by atoms with Gasteiger partial charge in [-0.25, -0.2) is 4.98 Å². The summed E-state index contributed by atoms with van der Waals surface area (Å²) in [5.41, 5.74) is 0.411. The Morgan fingerprint density at radius 1 is 1.15 bits per heavy atom. The number of nitrogens with one attached hydrogen (secondary N) is 2. The highest BCUT2D eigenvalue weighted by molar-refractivity contribution is 5.93. The van der Waals surface area contributed by atoms with E-state index in [1.807, 2.05) is 0 Å². The molecule has 9 nitrogen and oxygen atoms in total. The van der Waals surface area contributed by atoms with Crippen molar-refractivity contribution in [2.75, 3.05) is 13.2 Å². The first-order chi connectivity index (χ1) is 15.6. The number of alkyl halides is 4. The van der Waals surface area contributed by atoms with Gasteiger partial charge in [0.1, 0.15) is 5.75 Å². The molecule has 0 aliphatic carbocycles. The number of fused-ring (bicyclic) bond motifs is 1. The van der Waals surface area contributed by atoms with Crippen LogP contribution in [0.25, 0.3) is 0 Å². The van der Waals surface area contributed by atoms with Gasteiger partial charge in [-0.1, -0.05) is 6.58 Å². The minimum Gasteiger partial charge on any atom is -0.484 e. The predicted molar refractivity (Wildman–Crippen MR) is 103 cm³/mol. The lowest BCUT2D eigenvalue weighted by Gasteiger charge is -2.11. The highest BCUT2D eigenvalue weighted by Crippen LogP contribution is 2.42. The van der Waals surface area contributed by atoms with E-state index in [9.17, 15) is 27.2 Å². The van der Waals surface area contributed by atoms with Crippen molar-refractivity contribution >= 4 is 11.8 Å². The molecule has 0 radical (unpaired) electrons. The van der Waals surface area contributed by atoms with Crippen LogP contribution < -0.4 is 29.6 Å². The number of aromatic nitrogens is 1. The zero-order chi connectivity index (χ0) is 24.0. The summed E-state index contributed by atoms with van der Waals surface area (Å²) in [5, 5.41) is 5.02. The van der Waals surface area contributed by atoms with Crippen LogP contribution in [0.3, 0.4) is 0 Å². The average Bonchev–Trinajstić information content (AvgIpc) is 3.05. The fraction of sp³-hybridized carbons (Fsp3) is 0.250. The van der Waals surface area contributed by atoms with E-state index in [1.165, 1.54) is 18.2 Å². The lowest BCUT2D eigenvalue weighted by Crippen LogP contribution is -2.31. The van der Waals surface area contributed by atoms with E-state index in [-0.39, 0.29) is 47.4 Å². The number of rotatable bonds is 10. The molecule has 0 spiro atoms. The van der Waals surface area contributed by atoms with Gasteiger partial charge in [0.15, 0.2) is 18.1 Å². The van der Waals surface area contributed by atoms with Gasteiger partial charge >= 0.3 is 12.9 Å². The SMILES string of the molecule is C=C(CCNC(=O)c1ccc(OC(F)F)nc1)NC(=O)COc1ccc2c(c1)OC(F)(F)O2. The van der Waals surface area contributed by atoms with Gasteiger partial charge in [0.25, 0.3) is 11.8 Å². The van der Waals surface area contributed by atoms with Gasteiger partial charge < -0.3 is 29.6 Å². The average molecular weight is 471 g/mol. The highest BCUT2D eigenvalue weighted by Gasteiger charge is 2.43. The van der Waals surface area contributed by atoms with Crippen LogP contribution in [0.15, 0.2) is 48.8 Å². The molecule has 1 aromatic heterocycles. The Balaban J connectivity index is 1.36. The van der Waals surface area contributed by atoms with Gasteiger partial charge in [-0.2, -0.15) is 8.78 Å². The summed E-state index contributed by atoms with van der Waals surface area (Å²) in [5.74, 6) is -1.65. The number of nitrogens with zero attached hydrogens (tertiary/aromatic N) is 1. The zero-order valence-corrected chi connectivity index (χ0v) is 16.8. The molecule has 1 aliphatic rings. The van der Waals surface area contributed by atoms with Crippen LogP contribution in [0.2, 0.25) is 0 Å². The summed E-state index contributed by atoms with van der Waals surface area (Å²) in [6, 6.07) is 6.12. The van der Waals surface area contributed by atoms with Crippen molar-refractivity contribution in [1.29, 1.82) is 0 Å². The van der Waals surface area contributed by atoms with Crippen molar-refractivity contribution in [3.8, 4) is 23.1 Å². The van der Waals surface area contributed by atoms with Crippen molar-refractivity contribution in [3.63, 3.8) is 0 Å². The first-order valence-electron chi connectivity index (χ1n) is 9.31. The number of ether oxygens (including phenoxy) is 4. The Morgan fingerprint density at radius 3 is 2.61 bits per heavy atom. The molecule has 2 N–H and O–H groups in total. The van der Waals surface area contributed by atoms with Crippen LogP contribution in [0.4, 0.5) is 17.6 Å². The maximum Gasteiger partial charge on any atom is 0.586 e. The van der Waals surface area contributed by atoms with Crippen LogP contribution in [0, 0.1) is 0 Å². The van der Waals surface area contributed by atoms with Crippen molar-refractivity contribution in [1.82, 2.24) is 15.6 Å². The second kappa shape index (κ2) is 10.1. The quantitative estimate of drug-likeness (QED) is 0.513. The molecular weight excluding hydrogens is 454 g/mol. The third-order valence-electron chi connectivity index (χ3n) is 3.98. The van der Waals surface area contributed by atoms with Crippen molar-refractivity contribution < 1.29 is 46.1 Å². The van der Waals surface area contributed by atoms with Crippen molar-refractivity contribution in [2.45, 2.75) is 19.3 Å². The standard InChI is InChI=1S/C20H17F4N3O6/c1-11(6-7-25-18(29)12-2-5-17(26-9-12)31-19(21)22)27-16(28)10-30-13-3-4-14-15(8-13)33-20(23,24)32-14/h2-5,8-9,19H,1,6-7,10H2,(H,25,29)(H,27,28). The Labute approximate surface area is 184 Å². The van der Waals surface area contributed by atoms with Crippen molar-refractivity contribution in [2.24, 2.45) is 0 Å². The highest BCUT2D eigenvalue weighted by atomic mass is 19.3. The molecule has 2 heterocycles. The molecule has 0 bridgehead atoms. The molecule has 2 amide bonds. The number of amides is 2.